The molecule has 0 saturated carbocycles. The van der Waals surface area contributed by atoms with Crippen LogP contribution in [-0.2, 0) is 6.18 Å². The molecule has 26 heavy (non-hydrogen) atoms. The topological polar surface area (TPSA) is 93.1 Å². The van der Waals surface area contributed by atoms with E-state index in [1.54, 1.807) is 26.8 Å². The van der Waals surface area contributed by atoms with Gasteiger partial charge in [-0.1, -0.05) is 11.6 Å². The van der Waals surface area contributed by atoms with Gasteiger partial charge in [-0.25, -0.2) is 9.78 Å². The van der Waals surface area contributed by atoms with Crippen molar-refractivity contribution in [1.82, 2.24) is 21.0 Å². The van der Waals surface area contributed by atoms with E-state index >= 15 is 0 Å². The fraction of sp³-hybridized carbons (Fsp3) is 0.400. The van der Waals surface area contributed by atoms with Crippen molar-refractivity contribution in [3.8, 4) is 6.07 Å². The van der Waals surface area contributed by atoms with E-state index in [1.807, 2.05) is 0 Å². The maximum absolute atomic E-state index is 12.7. The first-order chi connectivity index (χ1) is 11.8. The smallest absolute Gasteiger partial charge is 0.333 e. The van der Waals surface area contributed by atoms with Crippen LogP contribution in [0.25, 0.3) is 0 Å². The SMILES string of the molecule is CN(N/C(=C/C#N)NC(=O)NC(C)(C)C)c1ncc(C(F)(F)F)cc1Cl. The van der Waals surface area contributed by atoms with E-state index in [-0.39, 0.29) is 16.7 Å². The van der Waals surface area contributed by atoms with Gasteiger partial charge in [0, 0.05) is 18.8 Å². The molecule has 0 spiro atoms. The first-order valence-electron chi connectivity index (χ1n) is 7.25. The highest BCUT2D eigenvalue weighted by Gasteiger charge is 2.32. The molecular weight excluding hydrogens is 373 g/mol. The van der Waals surface area contributed by atoms with Gasteiger partial charge in [0.1, 0.15) is 5.82 Å². The third-order valence-corrected chi connectivity index (χ3v) is 2.98. The molecule has 0 fully saturated rings. The average Bonchev–Trinajstić information content (AvgIpc) is 2.43. The summed E-state index contributed by atoms with van der Waals surface area (Å²) in [5, 5.41) is 14.8. The maximum atomic E-state index is 12.7. The predicted octanol–water partition coefficient (Wildman–Crippen LogP) is 3.16. The zero-order valence-corrected chi connectivity index (χ0v) is 15.2. The third kappa shape index (κ3) is 6.68. The number of pyridine rings is 1. The minimum atomic E-state index is -4.57. The molecule has 0 unspecified atom stereocenters. The number of nitrogens with zero attached hydrogens (tertiary/aromatic N) is 3. The Morgan fingerprint density at radius 2 is 2.00 bits per heavy atom. The quantitative estimate of drug-likeness (QED) is 0.542. The predicted molar refractivity (Wildman–Crippen MR) is 90.9 cm³/mol. The lowest BCUT2D eigenvalue weighted by Crippen LogP contribution is -2.49. The third-order valence-electron chi connectivity index (χ3n) is 2.70. The van der Waals surface area contributed by atoms with Crippen LogP contribution in [0.2, 0.25) is 5.02 Å². The fourth-order valence-electron chi connectivity index (χ4n) is 1.72. The summed E-state index contributed by atoms with van der Waals surface area (Å²) in [6, 6.07) is 1.89. The van der Waals surface area contributed by atoms with Gasteiger partial charge in [-0.2, -0.15) is 18.4 Å². The monoisotopic (exact) mass is 390 g/mol. The van der Waals surface area contributed by atoms with Crippen molar-refractivity contribution < 1.29 is 18.0 Å². The van der Waals surface area contributed by atoms with Crippen LogP contribution < -0.4 is 21.1 Å². The summed E-state index contributed by atoms with van der Waals surface area (Å²) in [4.78, 5) is 15.6. The molecule has 1 aromatic rings. The van der Waals surface area contributed by atoms with Gasteiger partial charge in [0.15, 0.2) is 5.82 Å². The molecular formula is C15H18ClF3N6O. The van der Waals surface area contributed by atoms with Gasteiger partial charge in [-0.15, -0.1) is 0 Å². The first-order valence-corrected chi connectivity index (χ1v) is 7.63. The van der Waals surface area contributed by atoms with Gasteiger partial charge in [-0.3, -0.25) is 15.8 Å². The molecule has 0 aliphatic heterocycles. The molecule has 142 valence electrons. The minimum Gasteiger partial charge on any atom is -0.333 e. The molecule has 3 N–H and O–H groups in total. The van der Waals surface area contributed by atoms with Gasteiger partial charge in [0.2, 0.25) is 0 Å². The summed E-state index contributed by atoms with van der Waals surface area (Å²) in [5.41, 5.74) is 1.12. The number of anilines is 1. The normalized spacial score (nSPS) is 12.2. The summed E-state index contributed by atoms with van der Waals surface area (Å²) in [6.45, 7) is 5.31. The minimum absolute atomic E-state index is 0.0190. The number of carbonyl (C=O) groups is 1. The van der Waals surface area contributed by atoms with Gasteiger partial charge in [0.05, 0.1) is 22.7 Å². The molecule has 1 aromatic heterocycles. The average molecular weight is 391 g/mol. The van der Waals surface area contributed by atoms with Crippen LogP contribution in [0.1, 0.15) is 26.3 Å². The summed E-state index contributed by atoms with van der Waals surface area (Å²) in [5.74, 6) is -0.0453. The highest BCUT2D eigenvalue weighted by atomic mass is 35.5. The molecule has 0 saturated heterocycles. The Kier molecular flexibility index (Phi) is 6.69. The molecule has 0 aliphatic rings. The number of halogens is 4. The standard InChI is InChI=1S/C15H18ClF3N6O/c1-14(2,3)23-13(26)22-11(5-6-20)24-25(4)12-10(16)7-9(8-21-12)15(17,18)19/h5,7-8,24H,1-4H3,(H2,22,23,26)/b11-5+. The van der Waals surface area contributed by atoms with Crippen molar-refractivity contribution >= 4 is 23.4 Å². The molecule has 0 aliphatic carbocycles. The Morgan fingerprint density at radius 3 is 2.46 bits per heavy atom. The van der Waals surface area contributed by atoms with Crippen molar-refractivity contribution in [1.29, 1.82) is 5.26 Å². The summed E-state index contributed by atoms with van der Waals surface area (Å²) >= 11 is 5.86. The molecule has 0 atom stereocenters. The van der Waals surface area contributed by atoms with E-state index in [0.29, 0.717) is 6.20 Å². The molecule has 0 radical (unpaired) electrons. The zero-order valence-electron chi connectivity index (χ0n) is 14.5. The Morgan fingerprint density at radius 1 is 1.38 bits per heavy atom. The van der Waals surface area contributed by atoms with E-state index in [9.17, 15) is 18.0 Å². The highest BCUT2D eigenvalue weighted by Crippen LogP contribution is 2.32. The number of alkyl halides is 3. The lowest BCUT2D eigenvalue weighted by Gasteiger charge is -2.25. The van der Waals surface area contributed by atoms with Crippen LogP contribution in [-0.4, -0.2) is 23.6 Å². The largest absolute Gasteiger partial charge is 0.417 e. The second kappa shape index (κ2) is 8.14. The lowest BCUT2D eigenvalue weighted by atomic mass is 10.1. The van der Waals surface area contributed by atoms with Crippen molar-refractivity contribution in [3.63, 3.8) is 0 Å². The number of rotatable bonds is 4. The van der Waals surface area contributed by atoms with Crippen LogP contribution in [0.5, 0.6) is 0 Å². The summed E-state index contributed by atoms with van der Waals surface area (Å²) in [7, 11) is 1.41. The van der Waals surface area contributed by atoms with E-state index < -0.39 is 23.3 Å². The summed E-state index contributed by atoms with van der Waals surface area (Å²) < 4.78 is 38.0. The van der Waals surface area contributed by atoms with Gasteiger partial charge >= 0.3 is 12.2 Å². The van der Waals surface area contributed by atoms with E-state index in [4.69, 9.17) is 16.9 Å². The van der Waals surface area contributed by atoms with E-state index in [0.717, 1.165) is 12.1 Å². The van der Waals surface area contributed by atoms with Gasteiger partial charge in [-0.05, 0) is 26.8 Å². The second-order valence-corrected chi connectivity index (χ2v) is 6.62. The van der Waals surface area contributed by atoms with Crippen LogP contribution >= 0.6 is 11.6 Å². The Labute approximate surface area is 153 Å². The van der Waals surface area contributed by atoms with Crippen molar-refractivity contribution in [3.05, 3.63) is 34.7 Å². The number of hydrogen-bond acceptors (Lipinski definition) is 5. The van der Waals surface area contributed by atoms with E-state index in [1.165, 1.54) is 12.1 Å². The maximum Gasteiger partial charge on any atom is 0.417 e. The number of hydrazine groups is 1. The number of nitrogens with one attached hydrogen (secondary N) is 3. The number of carbonyl (C=O) groups excluding carboxylic acids is 1. The van der Waals surface area contributed by atoms with Crippen molar-refractivity contribution in [2.24, 2.45) is 0 Å². The van der Waals surface area contributed by atoms with Gasteiger partial charge in [0.25, 0.3) is 0 Å². The van der Waals surface area contributed by atoms with Gasteiger partial charge < -0.3 is 5.32 Å². The molecule has 0 bridgehead atoms. The number of allylic oxidation sites excluding steroid dienone is 1. The fourth-order valence-corrected chi connectivity index (χ4v) is 2.01. The first kappa shape index (κ1) is 21.4. The van der Waals surface area contributed by atoms with Crippen LogP contribution in [0.15, 0.2) is 24.2 Å². The van der Waals surface area contributed by atoms with Crippen molar-refractivity contribution in [2.75, 3.05) is 12.1 Å². The van der Waals surface area contributed by atoms with E-state index in [2.05, 4.69) is 21.0 Å². The van der Waals surface area contributed by atoms with Crippen LogP contribution in [0, 0.1) is 11.3 Å². The molecule has 7 nitrogen and oxygen atoms in total. The van der Waals surface area contributed by atoms with Crippen LogP contribution in [0.3, 0.4) is 0 Å². The molecule has 1 heterocycles. The molecule has 1 rings (SSSR count). The Hall–Kier alpha value is -2.67. The number of aromatic nitrogens is 1. The number of urea groups is 1. The number of amides is 2. The Balaban J connectivity index is 2.92. The zero-order chi connectivity index (χ0) is 20.1. The summed E-state index contributed by atoms with van der Waals surface area (Å²) in [6.07, 6.45) is -2.93. The number of hydrogen-bond donors (Lipinski definition) is 3. The molecule has 11 heteroatoms. The number of nitriles is 1. The lowest BCUT2D eigenvalue weighted by molar-refractivity contribution is -0.137. The van der Waals surface area contributed by atoms with Crippen molar-refractivity contribution in [2.45, 2.75) is 32.5 Å². The molecule has 2 amide bonds. The second-order valence-electron chi connectivity index (χ2n) is 6.21. The highest BCUT2D eigenvalue weighted by molar-refractivity contribution is 6.33. The molecule has 0 aromatic carbocycles. The van der Waals surface area contributed by atoms with Crippen LogP contribution in [0.4, 0.5) is 23.8 Å². The Bertz CT molecular complexity index is 736.